The van der Waals surface area contributed by atoms with Gasteiger partial charge in [0.2, 0.25) is 5.91 Å². The fourth-order valence-corrected chi connectivity index (χ4v) is 5.12. The van der Waals surface area contributed by atoms with Crippen molar-refractivity contribution < 1.29 is 14.3 Å². The summed E-state index contributed by atoms with van der Waals surface area (Å²) >= 11 is 0. The maximum absolute atomic E-state index is 13.6. The fraction of sp³-hybridized carbons (Fsp3) is 0.565. The van der Waals surface area contributed by atoms with Crippen LogP contribution in [0.2, 0.25) is 0 Å². The van der Waals surface area contributed by atoms with Crippen molar-refractivity contribution >= 4 is 22.7 Å². The number of likely N-dealkylation sites (tertiary alicyclic amines) is 2. The molecule has 2 aliphatic rings. The second-order valence-corrected chi connectivity index (χ2v) is 8.54. The number of carbonyl (C=O) groups excluding carboxylic acids is 2. The van der Waals surface area contributed by atoms with Crippen molar-refractivity contribution in [1.82, 2.24) is 14.4 Å². The molecule has 2 aliphatic heterocycles. The summed E-state index contributed by atoms with van der Waals surface area (Å²) in [4.78, 5) is 30.0. The van der Waals surface area contributed by atoms with Crippen LogP contribution < -0.4 is 4.74 Å². The lowest BCUT2D eigenvalue weighted by Crippen LogP contribution is -2.46. The predicted molar refractivity (Wildman–Crippen MR) is 113 cm³/mol. The topological polar surface area (TPSA) is 54.8 Å². The molecule has 0 unspecified atom stereocenters. The lowest BCUT2D eigenvalue weighted by atomic mass is 9.77. The first-order valence-corrected chi connectivity index (χ1v) is 10.6. The number of benzene rings is 1. The Kier molecular flexibility index (Phi) is 5.05. The van der Waals surface area contributed by atoms with Gasteiger partial charge in [-0.15, -0.1) is 0 Å². The molecule has 6 nitrogen and oxygen atoms in total. The molecule has 2 aromatic rings. The van der Waals surface area contributed by atoms with Gasteiger partial charge in [-0.1, -0.05) is 6.92 Å². The number of hydrogen-bond donors (Lipinski definition) is 0. The van der Waals surface area contributed by atoms with Crippen molar-refractivity contribution in [3.8, 4) is 5.75 Å². The highest BCUT2D eigenvalue weighted by atomic mass is 16.5. The molecule has 1 aromatic heterocycles. The molecular weight excluding hydrogens is 366 g/mol. The van der Waals surface area contributed by atoms with Crippen LogP contribution in [0.15, 0.2) is 18.2 Å². The number of rotatable bonds is 4. The Morgan fingerprint density at radius 3 is 2.45 bits per heavy atom. The molecule has 0 bridgehead atoms. The van der Waals surface area contributed by atoms with E-state index in [0.717, 1.165) is 66.7 Å². The molecule has 1 spiro atoms. The van der Waals surface area contributed by atoms with Crippen LogP contribution in [0.5, 0.6) is 5.75 Å². The molecular formula is C23H31N3O3. The van der Waals surface area contributed by atoms with Gasteiger partial charge in [-0.2, -0.15) is 0 Å². The van der Waals surface area contributed by atoms with E-state index in [-0.39, 0.29) is 17.2 Å². The third kappa shape index (κ3) is 3.09. The van der Waals surface area contributed by atoms with E-state index in [1.54, 1.807) is 7.11 Å². The van der Waals surface area contributed by atoms with E-state index in [1.165, 1.54) is 0 Å². The Morgan fingerprint density at radius 1 is 1.17 bits per heavy atom. The zero-order valence-corrected chi connectivity index (χ0v) is 18.0. The minimum atomic E-state index is -0.250. The molecule has 1 aromatic carbocycles. The molecule has 6 heteroatoms. The summed E-state index contributed by atoms with van der Waals surface area (Å²) in [5.41, 5.74) is 2.62. The van der Waals surface area contributed by atoms with Gasteiger partial charge in [0.05, 0.1) is 18.1 Å². The van der Waals surface area contributed by atoms with Crippen molar-refractivity contribution in [2.24, 2.45) is 5.41 Å². The van der Waals surface area contributed by atoms with Crippen molar-refractivity contribution in [1.29, 1.82) is 0 Å². The molecule has 0 aliphatic carbocycles. The molecule has 29 heavy (non-hydrogen) atoms. The van der Waals surface area contributed by atoms with Crippen LogP contribution in [0.25, 0.3) is 10.9 Å². The number of carbonyl (C=O) groups is 2. The van der Waals surface area contributed by atoms with Crippen molar-refractivity contribution in [3.63, 3.8) is 0 Å². The quantitative estimate of drug-likeness (QED) is 0.794. The van der Waals surface area contributed by atoms with Gasteiger partial charge in [0, 0.05) is 49.8 Å². The van der Waals surface area contributed by atoms with Gasteiger partial charge in [0.15, 0.2) is 0 Å². The monoisotopic (exact) mass is 397 g/mol. The van der Waals surface area contributed by atoms with Crippen molar-refractivity contribution in [2.75, 3.05) is 33.8 Å². The van der Waals surface area contributed by atoms with Gasteiger partial charge in [-0.3, -0.25) is 9.59 Å². The number of ether oxygens (including phenoxy) is 1. The highest BCUT2D eigenvalue weighted by Crippen LogP contribution is 2.41. The number of piperidine rings is 1. The van der Waals surface area contributed by atoms with Crippen molar-refractivity contribution in [2.45, 2.75) is 46.1 Å². The maximum Gasteiger partial charge on any atom is 0.256 e. The van der Waals surface area contributed by atoms with E-state index < -0.39 is 0 Å². The van der Waals surface area contributed by atoms with Gasteiger partial charge in [0.1, 0.15) is 5.75 Å². The number of aryl methyl sites for hydroxylation is 1. The number of hydrogen-bond acceptors (Lipinski definition) is 3. The molecule has 4 rings (SSSR count). The summed E-state index contributed by atoms with van der Waals surface area (Å²) in [6, 6.07) is 5.98. The first-order chi connectivity index (χ1) is 13.9. The third-order valence-electron chi connectivity index (χ3n) is 6.93. The molecule has 0 radical (unpaired) electrons. The highest BCUT2D eigenvalue weighted by molar-refractivity contribution is 6.09. The van der Waals surface area contributed by atoms with Crippen LogP contribution in [0, 0.1) is 12.3 Å². The van der Waals surface area contributed by atoms with E-state index in [4.69, 9.17) is 4.74 Å². The molecule has 0 atom stereocenters. The summed E-state index contributed by atoms with van der Waals surface area (Å²) < 4.78 is 7.66. The zero-order chi connectivity index (χ0) is 20.8. The fourth-order valence-electron chi connectivity index (χ4n) is 5.12. The maximum atomic E-state index is 13.6. The van der Waals surface area contributed by atoms with E-state index in [1.807, 2.05) is 42.0 Å². The second-order valence-electron chi connectivity index (χ2n) is 8.54. The molecule has 2 amide bonds. The minimum absolute atomic E-state index is 0.0734. The number of amides is 2. The largest absolute Gasteiger partial charge is 0.497 e. The number of methoxy groups -OCH3 is 1. The standard InChI is InChI=1S/C23H31N3O3/c1-5-11-26-16(2)20(18-15-17(29-4)6-7-19(18)26)21(27)25-13-9-23(10-14-25)8-12-24(3)22(23)28/h6-7,15H,5,8-14H2,1-4H3. The van der Waals surface area contributed by atoms with E-state index in [0.29, 0.717) is 13.1 Å². The van der Waals surface area contributed by atoms with Gasteiger partial charge in [0.25, 0.3) is 5.91 Å². The lowest BCUT2D eigenvalue weighted by molar-refractivity contribution is -0.137. The summed E-state index contributed by atoms with van der Waals surface area (Å²) in [6.07, 6.45) is 3.44. The van der Waals surface area contributed by atoms with Gasteiger partial charge < -0.3 is 19.1 Å². The van der Waals surface area contributed by atoms with E-state index >= 15 is 0 Å². The van der Waals surface area contributed by atoms with Crippen LogP contribution in [0.4, 0.5) is 0 Å². The molecule has 3 heterocycles. The summed E-state index contributed by atoms with van der Waals surface area (Å²) in [6.45, 7) is 7.18. The molecule has 156 valence electrons. The van der Waals surface area contributed by atoms with E-state index in [2.05, 4.69) is 11.5 Å². The van der Waals surface area contributed by atoms with Crippen LogP contribution in [0.3, 0.4) is 0 Å². The Balaban J connectivity index is 1.65. The Hall–Kier alpha value is -2.50. The highest BCUT2D eigenvalue weighted by Gasteiger charge is 2.47. The Bertz CT molecular complexity index is 954. The van der Waals surface area contributed by atoms with Crippen LogP contribution >= 0.6 is 0 Å². The SMILES string of the molecule is CCCn1c(C)c(C(=O)N2CCC3(CCN(C)C3=O)CC2)c2cc(OC)ccc21. The molecule has 2 fully saturated rings. The predicted octanol–water partition coefficient (Wildman–Crippen LogP) is 3.45. The number of aromatic nitrogens is 1. The first-order valence-electron chi connectivity index (χ1n) is 10.6. The smallest absolute Gasteiger partial charge is 0.256 e. The average Bonchev–Trinajstić information content (AvgIpc) is 3.16. The minimum Gasteiger partial charge on any atom is -0.497 e. The number of fused-ring (bicyclic) bond motifs is 1. The van der Waals surface area contributed by atoms with Crippen LogP contribution in [-0.2, 0) is 11.3 Å². The molecule has 0 N–H and O–H groups in total. The second kappa shape index (κ2) is 7.39. The van der Waals surface area contributed by atoms with Crippen LogP contribution in [-0.4, -0.2) is 60.0 Å². The van der Waals surface area contributed by atoms with Crippen molar-refractivity contribution in [3.05, 3.63) is 29.5 Å². The molecule has 2 saturated heterocycles. The first kappa shape index (κ1) is 19.8. The van der Waals surface area contributed by atoms with Crippen LogP contribution in [0.1, 0.15) is 48.7 Å². The van der Waals surface area contributed by atoms with E-state index in [9.17, 15) is 9.59 Å². The number of nitrogens with zero attached hydrogens (tertiary/aromatic N) is 3. The summed E-state index contributed by atoms with van der Waals surface area (Å²) in [5, 5.41) is 0.956. The summed E-state index contributed by atoms with van der Waals surface area (Å²) in [7, 11) is 3.53. The Morgan fingerprint density at radius 2 is 1.86 bits per heavy atom. The molecule has 0 saturated carbocycles. The summed E-state index contributed by atoms with van der Waals surface area (Å²) in [5.74, 6) is 1.09. The normalized spacial score (nSPS) is 18.8. The van der Waals surface area contributed by atoms with Gasteiger partial charge in [-0.25, -0.2) is 0 Å². The Labute approximate surface area is 172 Å². The third-order valence-corrected chi connectivity index (χ3v) is 6.93. The van der Waals surface area contributed by atoms with Gasteiger partial charge in [-0.05, 0) is 50.8 Å². The zero-order valence-electron chi connectivity index (χ0n) is 18.0. The lowest BCUT2D eigenvalue weighted by Gasteiger charge is -2.37. The van der Waals surface area contributed by atoms with Gasteiger partial charge >= 0.3 is 0 Å². The average molecular weight is 398 g/mol.